The number of anilines is 1. The van der Waals surface area contributed by atoms with E-state index < -0.39 is 11.8 Å². The van der Waals surface area contributed by atoms with Crippen LogP contribution in [0.4, 0.5) is 5.69 Å². The molecule has 9 nitrogen and oxygen atoms in total. The van der Waals surface area contributed by atoms with E-state index in [1.165, 1.54) is 12.1 Å². The Hall–Kier alpha value is -3.59. The highest BCUT2D eigenvalue weighted by Crippen LogP contribution is 2.24. The van der Waals surface area contributed by atoms with Gasteiger partial charge in [0.1, 0.15) is 18.1 Å². The zero-order chi connectivity index (χ0) is 21.3. The molecule has 9 heteroatoms. The lowest BCUT2D eigenvalue weighted by molar-refractivity contribution is -0.136. The average Bonchev–Trinajstić information content (AvgIpc) is 2.98. The molecule has 0 aliphatic carbocycles. The van der Waals surface area contributed by atoms with Crippen molar-refractivity contribution in [1.82, 2.24) is 16.0 Å². The Morgan fingerprint density at radius 3 is 2.70 bits per heavy atom. The lowest BCUT2D eigenvalue weighted by atomic mass is 10.2. The molecule has 0 saturated carbocycles. The van der Waals surface area contributed by atoms with E-state index in [0.29, 0.717) is 43.1 Å². The van der Waals surface area contributed by atoms with Crippen LogP contribution in [0.3, 0.4) is 0 Å². The summed E-state index contributed by atoms with van der Waals surface area (Å²) in [5, 5.41) is 20.4. The molecule has 0 fully saturated rings. The number of carbonyl (C=O) groups excluding carboxylic acids is 3. The summed E-state index contributed by atoms with van der Waals surface area (Å²) in [7, 11) is 0. The van der Waals surface area contributed by atoms with Crippen LogP contribution >= 0.6 is 0 Å². The van der Waals surface area contributed by atoms with Crippen molar-refractivity contribution in [3.05, 3.63) is 53.6 Å². The number of benzene rings is 2. The highest BCUT2D eigenvalue weighted by molar-refractivity contribution is 6.39. The molecule has 2 aromatic rings. The smallest absolute Gasteiger partial charge is 0.313 e. The van der Waals surface area contributed by atoms with Gasteiger partial charge in [-0.2, -0.15) is 0 Å². The second-order valence-corrected chi connectivity index (χ2v) is 6.72. The molecular formula is C21H24N4O5. The topological polar surface area (TPSA) is 129 Å². The van der Waals surface area contributed by atoms with Crippen LogP contribution in [0.15, 0.2) is 42.5 Å². The first kappa shape index (κ1) is 21.1. The Morgan fingerprint density at radius 1 is 1.03 bits per heavy atom. The van der Waals surface area contributed by atoms with Gasteiger partial charge in [-0.25, -0.2) is 0 Å². The van der Waals surface area contributed by atoms with Crippen LogP contribution in [0.1, 0.15) is 22.3 Å². The normalized spacial score (nSPS) is 12.7. The average molecular weight is 412 g/mol. The standard InChI is InChI=1S/C21H24N4O5/c26-17-4-1-3-14(11-17)19(27)23-7-2-8-24-20(28)21(29)25-16-6-5-15-13-22-9-10-30-18(15)12-16/h1,3-6,11-12,22,26H,2,7-10,13H2,(H,23,27)(H,24,28)(H,25,29). The number of fused-ring (bicyclic) bond motifs is 1. The van der Waals surface area contributed by atoms with Gasteiger partial charge in [0, 0.05) is 49.1 Å². The van der Waals surface area contributed by atoms with E-state index in [4.69, 9.17) is 4.74 Å². The Balaban J connectivity index is 1.38. The first-order chi connectivity index (χ1) is 14.5. The monoisotopic (exact) mass is 412 g/mol. The van der Waals surface area contributed by atoms with E-state index in [0.717, 1.165) is 12.1 Å². The van der Waals surface area contributed by atoms with Gasteiger partial charge in [-0.15, -0.1) is 0 Å². The largest absolute Gasteiger partial charge is 0.508 e. The summed E-state index contributed by atoms with van der Waals surface area (Å²) < 4.78 is 5.62. The van der Waals surface area contributed by atoms with Crippen LogP contribution < -0.4 is 26.0 Å². The van der Waals surface area contributed by atoms with Crippen molar-refractivity contribution in [2.24, 2.45) is 0 Å². The fraction of sp³-hybridized carbons (Fsp3) is 0.286. The van der Waals surface area contributed by atoms with E-state index in [1.807, 2.05) is 6.07 Å². The van der Waals surface area contributed by atoms with E-state index >= 15 is 0 Å². The predicted molar refractivity (Wildman–Crippen MR) is 110 cm³/mol. The molecule has 5 N–H and O–H groups in total. The maximum Gasteiger partial charge on any atom is 0.313 e. The lowest BCUT2D eigenvalue weighted by Crippen LogP contribution is -2.37. The molecule has 0 bridgehead atoms. The van der Waals surface area contributed by atoms with Gasteiger partial charge >= 0.3 is 11.8 Å². The molecule has 3 rings (SSSR count). The van der Waals surface area contributed by atoms with Gasteiger partial charge in [-0.05, 0) is 30.7 Å². The number of hydrogen-bond acceptors (Lipinski definition) is 6. The van der Waals surface area contributed by atoms with Gasteiger partial charge in [0.05, 0.1) is 0 Å². The minimum absolute atomic E-state index is 0.0126. The number of nitrogens with one attached hydrogen (secondary N) is 4. The molecule has 2 aromatic carbocycles. The van der Waals surface area contributed by atoms with Crippen molar-refractivity contribution in [1.29, 1.82) is 0 Å². The third-order valence-corrected chi connectivity index (χ3v) is 4.42. The van der Waals surface area contributed by atoms with Crippen LogP contribution in [0, 0.1) is 0 Å². The van der Waals surface area contributed by atoms with Gasteiger partial charge in [0.2, 0.25) is 0 Å². The third kappa shape index (κ3) is 5.95. The molecule has 158 valence electrons. The molecule has 30 heavy (non-hydrogen) atoms. The first-order valence-electron chi connectivity index (χ1n) is 9.66. The second kappa shape index (κ2) is 10.3. The maximum absolute atomic E-state index is 12.1. The van der Waals surface area contributed by atoms with Crippen LogP contribution in [0.25, 0.3) is 0 Å². The van der Waals surface area contributed by atoms with Gasteiger partial charge in [0.15, 0.2) is 0 Å². The maximum atomic E-state index is 12.1. The number of phenolic OH excluding ortho intramolecular Hbond substituents is 1. The minimum atomic E-state index is -0.773. The molecule has 1 heterocycles. The van der Waals surface area contributed by atoms with E-state index in [1.54, 1.807) is 24.3 Å². The first-order valence-corrected chi connectivity index (χ1v) is 9.66. The summed E-state index contributed by atoms with van der Waals surface area (Å²) in [5.41, 5.74) is 1.82. The highest BCUT2D eigenvalue weighted by Gasteiger charge is 2.15. The fourth-order valence-electron chi connectivity index (χ4n) is 2.88. The Labute approximate surface area is 173 Å². The second-order valence-electron chi connectivity index (χ2n) is 6.72. The molecule has 0 atom stereocenters. The molecular weight excluding hydrogens is 388 g/mol. The summed E-state index contributed by atoms with van der Waals surface area (Å²) in [6.45, 7) is 2.50. The van der Waals surface area contributed by atoms with Crippen LogP contribution in [0.2, 0.25) is 0 Å². The highest BCUT2D eigenvalue weighted by atomic mass is 16.5. The predicted octanol–water partition coefficient (Wildman–Crippen LogP) is 0.749. The van der Waals surface area contributed by atoms with E-state index in [-0.39, 0.29) is 18.2 Å². The van der Waals surface area contributed by atoms with Crippen LogP contribution in [0.5, 0.6) is 11.5 Å². The number of aromatic hydroxyl groups is 1. The zero-order valence-corrected chi connectivity index (χ0v) is 16.4. The summed E-state index contributed by atoms with van der Waals surface area (Å²) in [6.07, 6.45) is 0.448. The number of hydrogen-bond donors (Lipinski definition) is 5. The molecule has 0 aromatic heterocycles. The molecule has 0 saturated heterocycles. The lowest BCUT2D eigenvalue weighted by Gasteiger charge is -2.10. The number of carbonyl (C=O) groups is 3. The van der Waals surface area contributed by atoms with Crippen molar-refractivity contribution in [3.8, 4) is 11.5 Å². The number of rotatable bonds is 6. The van der Waals surface area contributed by atoms with Crippen molar-refractivity contribution in [2.75, 3.05) is 31.6 Å². The molecule has 0 unspecified atom stereocenters. The summed E-state index contributed by atoms with van der Waals surface area (Å²) in [5.74, 6) is -1.16. The fourth-order valence-corrected chi connectivity index (χ4v) is 2.88. The quantitative estimate of drug-likeness (QED) is 0.352. The Kier molecular flexibility index (Phi) is 7.23. The van der Waals surface area contributed by atoms with E-state index in [2.05, 4.69) is 21.3 Å². The number of ether oxygens (including phenoxy) is 1. The third-order valence-electron chi connectivity index (χ3n) is 4.42. The number of phenols is 1. The number of amides is 3. The molecule has 0 radical (unpaired) electrons. The van der Waals surface area contributed by atoms with Gasteiger partial charge < -0.3 is 31.1 Å². The van der Waals surface area contributed by atoms with Crippen LogP contribution in [-0.4, -0.2) is 49.1 Å². The Bertz CT molecular complexity index is 931. The summed E-state index contributed by atoms with van der Waals surface area (Å²) in [4.78, 5) is 36.0. The van der Waals surface area contributed by atoms with Crippen molar-refractivity contribution in [2.45, 2.75) is 13.0 Å². The SMILES string of the molecule is O=C(NCCCNC(=O)c1cccc(O)c1)C(=O)Nc1ccc2c(c1)OCCNC2. The van der Waals surface area contributed by atoms with Crippen molar-refractivity contribution in [3.63, 3.8) is 0 Å². The molecule has 1 aliphatic rings. The minimum Gasteiger partial charge on any atom is -0.508 e. The van der Waals surface area contributed by atoms with Crippen molar-refractivity contribution >= 4 is 23.4 Å². The van der Waals surface area contributed by atoms with E-state index in [9.17, 15) is 19.5 Å². The van der Waals surface area contributed by atoms with Crippen molar-refractivity contribution < 1.29 is 24.2 Å². The van der Waals surface area contributed by atoms with Gasteiger partial charge in [0.25, 0.3) is 5.91 Å². The van der Waals surface area contributed by atoms with Gasteiger partial charge in [-0.1, -0.05) is 12.1 Å². The summed E-state index contributed by atoms with van der Waals surface area (Å²) in [6, 6.07) is 11.3. The summed E-state index contributed by atoms with van der Waals surface area (Å²) >= 11 is 0. The molecule has 1 aliphatic heterocycles. The zero-order valence-electron chi connectivity index (χ0n) is 16.4. The Morgan fingerprint density at radius 2 is 1.87 bits per heavy atom. The van der Waals surface area contributed by atoms with Gasteiger partial charge in [-0.3, -0.25) is 14.4 Å². The molecule has 0 spiro atoms. The van der Waals surface area contributed by atoms with Crippen LogP contribution in [-0.2, 0) is 16.1 Å². The molecule has 3 amide bonds.